The highest BCUT2D eigenvalue weighted by Crippen LogP contribution is 1.97. The number of ketones is 1. The van der Waals surface area contributed by atoms with Crippen LogP contribution in [0.5, 0.6) is 0 Å². The van der Waals surface area contributed by atoms with Crippen LogP contribution in [0.15, 0.2) is 0 Å². The lowest BCUT2D eigenvalue weighted by molar-refractivity contribution is -0.137. The van der Waals surface area contributed by atoms with Gasteiger partial charge in [0.25, 0.3) is 0 Å². The topological polar surface area (TPSA) is 55.4 Å². The molecule has 1 amide bonds. The van der Waals surface area contributed by atoms with Gasteiger partial charge in [-0.3, -0.25) is 9.59 Å². The molecule has 0 saturated carbocycles. The lowest BCUT2D eigenvalue weighted by Gasteiger charge is -2.21. The van der Waals surface area contributed by atoms with E-state index in [-0.39, 0.29) is 18.3 Å². The Bertz CT molecular complexity index is 179. The summed E-state index contributed by atoms with van der Waals surface area (Å²) in [7, 11) is 0. The Kier molecular flexibility index (Phi) is 2.59. The van der Waals surface area contributed by atoms with E-state index < -0.39 is 6.04 Å². The third-order valence-corrected chi connectivity index (χ3v) is 1.59. The zero-order valence-electron chi connectivity index (χ0n) is 6.42. The van der Waals surface area contributed by atoms with Crippen LogP contribution < -0.4 is 5.32 Å². The molecule has 1 aliphatic heterocycles. The number of rotatable bonds is 2. The first-order chi connectivity index (χ1) is 5.24. The predicted octanol–water partition coefficient (Wildman–Crippen LogP) is -0.520. The highest BCUT2D eigenvalue weighted by atomic mass is 16.5. The van der Waals surface area contributed by atoms with Gasteiger partial charge in [0.15, 0.2) is 5.78 Å². The molecule has 0 aromatic heterocycles. The SMILES string of the molecule is CCC(=O)C1COCC(=O)N1. The fourth-order valence-electron chi connectivity index (χ4n) is 0.967. The summed E-state index contributed by atoms with van der Waals surface area (Å²) in [6.45, 7) is 2.16. The number of nitrogens with one attached hydrogen (secondary N) is 1. The summed E-state index contributed by atoms with van der Waals surface area (Å²) >= 11 is 0. The summed E-state index contributed by atoms with van der Waals surface area (Å²) < 4.78 is 4.88. The van der Waals surface area contributed by atoms with Crippen molar-refractivity contribution < 1.29 is 14.3 Å². The maximum absolute atomic E-state index is 11.0. The Balaban J connectivity index is 2.45. The Labute approximate surface area is 64.9 Å². The zero-order valence-corrected chi connectivity index (χ0v) is 6.42. The highest BCUT2D eigenvalue weighted by Gasteiger charge is 2.23. The normalized spacial score (nSPS) is 24.5. The first-order valence-corrected chi connectivity index (χ1v) is 3.64. The van der Waals surface area contributed by atoms with Crippen LogP contribution in [-0.2, 0) is 14.3 Å². The zero-order chi connectivity index (χ0) is 8.27. The van der Waals surface area contributed by atoms with Gasteiger partial charge in [0.05, 0.1) is 6.61 Å². The molecule has 62 valence electrons. The quantitative estimate of drug-likeness (QED) is 0.586. The van der Waals surface area contributed by atoms with Crippen LogP contribution in [0.2, 0.25) is 0 Å². The van der Waals surface area contributed by atoms with Crippen LogP contribution >= 0.6 is 0 Å². The number of hydrogen-bond acceptors (Lipinski definition) is 3. The number of hydrogen-bond donors (Lipinski definition) is 1. The van der Waals surface area contributed by atoms with Gasteiger partial charge in [0.1, 0.15) is 12.6 Å². The molecule has 0 aliphatic carbocycles. The van der Waals surface area contributed by atoms with E-state index in [9.17, 15) is 9.59 Å². The van der Waals surface area contributed by atoms with E-state index in [1.54, 1.807) is 6.92 Å². The standard InChI is InChI=1S/C7H11NO3/c1-2-6(9)5-3-11-4-7(10)8-5/h5H,2-4H2,1H3,(H,8,10). The Morgan fingerprint density at radius 1 is 1.82 bits per heavy atom. The minimum absolute atomic E-state index is 0.0260. The molecule has 1 fully saturated rings. The van der Waals surface area contributed by atoms with Crippen LogP contribution in [0.4, 0.5) is 0 Å². The highest BCUT2D eigenvalue weighted by molar-refractivity contribution is 5.90. The van der Waals surface area contributed by atoms with Crippen LogP contribution in [0.25, 0.3) is 0 Å². The fourth-order valence-corrected chi connectivity index (χ4v) is 0.967. The smallest absolute Gasteiger partial charge is 0.246 e. The second-order valence-electron chi connectivity index (χ2n) is 2.46. The maximum Gasteiger partial charge on any atom is 0.246 e. The van der Waals surface area contributed by atoms with Crippen molar-refractivity contribution in [2.75, 3.05) is 13.2 Å². The van der Waals surface area contributed by atoms with Crippen molar-refractivity contribution >= 4 is 11.7 Å². The molecule has 11 heavy (non-hydrogen) atoms. The third-order valence-electron chi connectivity index (χ3n) is 1.59. The van der Waals surface area contributed by atoms with Gasteiger partial charge >= 0.3 is 0 Å². The van der Waals surface area contributed by atoms with Crippen molar-refractivity contribution in [1.82, 2.24) is 5.32 Å². The molecular weight excluding hydrogens is 146 g/mol. The number of carbonyl (C=O) groups is 2. The summed E-state index contributed by atoms with van der Waals surface area (Å²) in [6.07, 6.45) is 0.439. The molecule has 0 spiro atoms. The average molecular weight is 157 g/mol. The second kappa shape index (κ2) is 3.48. The van der Waals surface area contributed by atoms with Gasteiger partial charge in [-0.15, -0.1) is 0 Å². The Morgan fingerprint density at radius 2 is 2.55 bits per heavy atom. The van der Waals surface area contributed by atoms with Crippen LogP contribution in [0, 0.1) is 0 Å². The number of morpholine rings is 1. The van der Waals surface area contributed by atoms with Crippen LogP contribution in [0.3, 0.4) is 0 Å². The molecule has 1 aliphatic rings. The van der Waals surface area contributed by atoms with E-state index in [0.29, 0.717) is 13.0 Å². The molecule has 4 nitrogen and oxygen atoms in total. The molecular formula is C7H11NO3. The van der Waals surface area contributed by atoms with E-state index in [4.69, 9.17) is 4.74 Å². The molecule has 4 heteroatoms. The summed E-state index contributed by atoms with van der Waals surface area (Å²) in [5.74, 6) is -0.180. The second-order valence-corrected chi connectivity index (χ2v) is 2.46. The van der Waals surface area contributed by atoms with E-state index in [2.05, 4.69) is 5.32 Å². The molecule has 1 unspecified atom stereocenters. The number of ether oxygens (including phenoxy) is 1. The minimum atomic E-state index is -0.416. The van der Waals surface area contributed by atoms with Gasteiger partial charge in [-0.25, -0.2) is 0 Å². The molecule has 1 saturated heterocycles. The van der Waals surface area contributed by atoms with Crippen LogP contribution in [-0.4, -0.2) is 30.9 Å². The first kappa shape index (κ1) is 8.20. The summed E-state index contributed by atoms with van der Waals surface area (Å²) in [5.41, 5.74) is 0. The first-order valence-electron chi connectivity index (χ1n) is 3.64. The molecule has 0 radical (unpaired) electrons. The molecule has 1 N–H and O–H groups in total. The lowest BCUT2D eigenvalue weighted by atomic mass is 10.1. The van der Waals surface area contributed by atoms with Crippen LogP contribution in [0.1, 0.15) is 13.3 Å². The van der Waals surface area contributed by atoms with Crippen molar-refractivity contribution in [2.24, 2.45) is 0 Å². The minimum Gasteiger partial charge on any atom is -0.369 e. The van der Waals surface area contributed by atoms with Gasteiger partial charge in [-0.05, 0) is 0 Å². The molecule has 0 bridgehead atoms. The van der Waals surface area contributed by atoms with Gasteiger partial charge in [0.2, 0.25) is 5.91 Å². The maximum atomic E-state index is 11.0. The average Bonchev–Trinajstić information content (AvgIpc) is 2.03. The monoisotopic (exact) mass is 157 g/mol. The van der Waals surface area contributed by atoms with E-state index in [0.717, 1.165) is 0 Å². The lowest BCUT2D eigenvalue weighted by Crippen LogP contribution is -2.49. The number of carbonyl (C=O) groups excluding carboxylic acids is 2. The van der Waals surface area contributed by atoms with Gasteiger partial charge < -0.3 is 10.1 Å². The van der Waals surface area contributed by atoms with E-state index in [1.807, 2.05) is 0 Å². The van der Waals surface area contributed by atoms with Gasteiger partial charge in [-0.2, -0.15) is 0 Å². The molecule has 0 aromatic carbocycles. The van der Waals surface area contributed by atoms with Gasteiger partial charge in [-0.1, -0.05) is 6.92 Å². The summed E-state index contributed by atoms with van der Waals surface area (Å²) in [4.78, 5) is 21.7. The predicted molar refractivity (Wildman–Crippen MR) is 38.0 cm³/mol. The van der Waals surface area contributed by atoms with Crippen molar-refractivity contribution in [3.63, 3.8) is 0 Å². The third kappa shape index (κ3) is 2.01. The van der Waals surface area contributed by atoms with E-state index in [1.165, 1.54) is 0 Å². The van der Waals surface area contributed by atoms with Crippen molar-refractivity contribution in [2.45, 2.75) is 19.4 Å². The summed E-state index contributed by atoms with van der Waals surface area (Å²) in [6, 6.07) is -0.416. The number of amides is 1. The number of Topliss-reactive ketones (excluding diaryl/α,β-unsaturated/α-hetero) is 1. The Hall–Kier alpha value is -0.900. The molecule has 1 atom stereocenters. The largest absolute Gasteiger partial charge is 0.369 e. The summed E-state index contributed by atoms with van der Waals surface area (Å²) in [5, 5.41) is 2.55. The Morgan fingerprint density at radius 3 is 3.09 bits per heavy atom. The van der Waals surface area contributed by atoms with Crippen molar-refractivity contribution in [3.05, 3.63) is 0 Å². The van der Waals surface area contributed by atoms with E-state index >= 15 is 0 Å². The van der Waals surface area contributed by atoms with Gasteiger partial charge in [0, 0.05) is 6.42 Å². The molecule has 0 aromatic rings. The van der Waals surface area contributed by atoms with Crippen molar-refractivity contribution in [3.8, 4) is 0 Å². The fraction of sp³-hybridized carbons (Fsp3) is 0.714. The molecule has 1 rings (SSSR count). The van der Waals surface area contributed by atoms with Crippen molar-refractivity contribution in [1.29, 1.82) is 0 Å². The molecule has 1 heterocycles.